The van der Waals surface area contributed by atoms with Crippen molar-refractivity contribution in [2.24, 2.45) is 5.92 Å². The molecule has 0 radical (unpaired) electrons. The van der Waals surface area contributed by atoms with E-state index in [-0.39, 0.29) is 0 Å². The van der Waals surface area contributed by atoms with E-state index in [0.29, 0.717) is 0 Å². The predicted molar refractivity (Wildman–Crippen MR) is 60.4 cm³/mol. The fraction of sp³-hybridized carbons (Fsp3) is 1.00. The summed E-state index contributed by atoms with van der Waals surface area (Å²) in [5.41, 5.74) is 0. The van der Waals surface area contributed by atoms with Gasteiger partial charge in [-0.1, -0.05) is 19.8 Å². The van der Waals surface area contributed by atoms with E-state index in [1.54, 1.807) is 0 Å². The fourth-order valence-corrected chi connectivity index (χ4v) is 2.84. The maximum atomic E-state index is 3.75. The predicted octanol–water partition coefficient (Wildman–Crippen LogP) is 1.91. The Morgan fingerprint density at radius 2 is 2.00 bits per heavy atom. The van der Waals surface area contributed by atoms with Crippen LogP contribution >= 0.6 is 0 Å². The maximum absolute atomic E-state index is 3.75. The lowest BCUT2D eigenvalue weighted by Crippen LogP contribution is -2.43. The SMILES string of the molecule is CC1CCCCC1NCC1CCCN1. The van der Waals surface area contributed by atoms with Crippen molar-refractivity contribution in [2.75, 3.05) is 13.1 Å². The van der Waals surface area contributed by atoms with Gasteiger partial charge in [-0.2, -0.15) is 0 Å². The molecule has 14 heavy (non-hydrogen) atoms. The first kappa shape index (κ1) is 10.4. The molecule has 82 valence electrons. The lowest BCUT2D eigenvalue weighted by molar-refractivity contribution is 0.274. The van der Waals surface area contributed by atoms with Crippen molar-refractivity contribution >= 4 is 0 Å². The van der Waals surface area contributed by atoms with Gasteiger partial charge in [0.15, 0.2) is 0 Å². The zero-order chi connectivity index (χ0) is 9.80. The molecular weight excluding hydrogens is 172 g/mol. The van der Waals surface area contributed by atoms with Gasteiger partial charge in [-0.25, -0.2) is 0 Å². The minimum absolute atomic E-state index is 0.754. The molecule has 0 aromatic heterocycles. The van der Waals surface area contributed by atoms with Crippen LogP contribution in [-0.2, 0) is 0 Å². The van der Waals surface area contributed by atoms with Crippen molar-refractivity contribution in [3.63, 3.8) is 0 Å². The number of hydrogen-bond acceptors (Lipinski definition) is 2. The van der Waals surface area contributed by atoms with Gasteiger partial charge in [0.25, 0.3) is 0 Å². The summed E-state index contributed by atoms with van der Waals surface area (Å²) < 4.78 is 0. The standard InChI is InChI=1S/C12H24N2/c1-10-5-2-3-7-12(10)14-9-11-6-4-8-13-11/h10-14H,2-9H2,1H3. The smallest absolute Gasteiger partial charge is 0.0193 e. The molecule has 0 spiro atoms. The van der Waals surface area contributed by atoms with Crippen LogP contribution in [0.3, 0.4) is 0 Å². The van der Waals surface area contributed by atoms with E-state index in [1.165, 1.54) is 51.6 Å². The first-order valence-corrected chi connectivity index (χ1v) is 6.33. The fourth-order valence-electron chi connectivity index (χ4n) is 2.84. The van der Waals surface area contributed by atoms with Gasteiger partial charge >= 0.3 is 0 Å². The summed E-state index contributed by atoms with van der Waals surface area (Å²) in [4.78, 5) is 0. The Bertz CT molecular complexity index is 164. The lowest BCUT2D eigenvalue weighted by atomic mass is 9.86. The maximum Gasteiger partial charge on any atom is 0.0193 e. The van der Waals surface area contributed by atoms with Crippen molar-refractivity contribution in [2.45, 2.75) is 57.5 Å². The normalized spacial score (nSPS) is 38.8. The second kappa shape index (κ2) is 5.13. The van der Waals surface area contributed by atoms with Gasteiger partial charge in [0, 0.05) is 18.6 Å². The van der Waals surface area contributed by atoms with Crippen molar-refractivity contribution in [3.05, 3.63) is 0 Å². The molecule has 2 nitrogen and oxygen atoms in total. The molecule has 3 atom stereocenters. The number of hydrogen-bond donors (Lipinski definition) is 2. The molecule has 1 heterocycles. The van der Waals surface area contributed by atoms with E-state index in [4.69, 9.17) is 0 Å². The van der Waals surface area contributed by atoms with Gasteiger partial charge in [-0.3, -0.25) is 0 Å². The zero-order valence-electron chi connectivity index (χ0n) is 9.39. The first-order chi connectivity index (χ1) is 6.86. The van der Waals surface area contributed by atoms with E-state index >= 15 is 0 Å². The molecule has 2 heteroatoms. The van der Waals surface area contributed by atoms with Gasteiger partial charge in [0.05, 0.1) is 0 Å². The second-order valence-electron chi connectivity index (χ2n) is 5.07. The van der Waals surface area contributed by atoms with Crippen LogP contribution in [0.1, 0.15) is 45.4 Å². The van der Waals surface area contributed by atoms with Crippen LogP contribution in [0.5, 0.6) is 0 Å². The molecule has 0 aromatic rings. The summed E-state index contributed by atoms with van der Waals surface area (Å²) in [6, 6.07) is 1.55. The van der Waals surface area contributed by atoms with E-state index < -0.39 is 0 Å². The van der Waals surface area contributed by atoms with Crippen molar-refractivity contribution in [3.8, 4) is 0 Å². The van der Waals surface area contributed by atoms with Crippen LogP contribution in [0, 0.1) is 5.92 Å². The molecule has 2 rings (SSSR count). The summed E-state index contributed by atoms with van der Waals surface area (Å²) in [5, 5.41) is 7.30. The van der Waals surface area contributed by atoms with Gasteiger partial charge in [0.1, 0.15) is 0 Å². The second-order valence-corrected chi connectivity index (χ2v) is 5.07. The zero-order valence-corrected chi connectivity index (χ0v) is 9.39. The van der Waals surface area contributed by atoms with Gasteiger partial charge in [-0.15, -0.1) is 0 Å². The highest BCUT2D eigenvalue weighted by Crippen LogP contribution is 2.23. The largest absolute Gasteiger partial charge is 0.313 e. The monoisotopic (exact) mass is 196 g/mol. The van der Waals surface area contributed by atoms with E-state index in [1.807, 2.05) is 0 Å². The van der Waals surface area contributed by atoms with Gasteiger partial charge < -0.3 is 10.6 Å². The Balaban J connectivity index is 1.67. The molecule has 0 bridgehead atoms. The Hall–Kier alpha value is -0.0800. The quantitative estimate of drug-likeness (QED) is 0.720. The summed E-state index contributed by atoms with van der Waals surface area (Å²) >= 11 is 0. The Morgan fingerprint density at radius 1 is 1.14 bits per heavy atom. The lowest BCUT2D eigenvalue weighted by Gasteiger charge is -2.30. The van der Waals surface area contributed by atoms with Crippen LogP contribution in [0.4, 0.5) is 0 Å². The van der Waals surface area contributed by atoms with E-state index in [0.717, 1.165) is 18.0 Å². The highest BCUT2D eigenvalue weighted by Gasteiger charge is 2.22. The minimum Gasteiger partial charge on any atom is -0.313 e. The van der Waals surface area contributed by atoms with E-state index in [2.05, 4.69) is 17.6 Å². The van der Waals surface area contributed by atoms with Gasteiger partial charge in [-0.05, 0) is 38.1 Å². The molecule has 2 N–H and O–H groups in total. The number of rotatable bonds is 3. The Labute approximate surface area is 87.8 Å². The third-order valence-corrected chi connectivity index (χ3v) is 3.90. The van der Waals surface area contributed by atoms with E-state index in [9.17, 15) is 0 Å². The molecule has 3 unspecified atom stereocenters. The molecule has 1 aliphatic heterocycles. The van der Waals surface area contributed by atoms with Crippen LogP contribution in [0.25, 0.3) is 0 Å². The van der Waals surface area contributed by atoms with Crippen LogP contribution in [-0.4, -0.2) is 25.2 Å². The Kier molecular flexibility index (Phi) is 3.82. The number of nitrogens with one attached hydrogen (secondary N) is 2. The molecule has 0 amide bonds. The topological polar surface area (TPSA) is 24.1 Å². The highest BCUT2D eigenvalue weighted by molar-refractivity contribution is 4.82. The highest BCUT2D eigenvalue weighted by atomic mass is 15.0. The first-order valence-electron chi connectivity index (χ1n) is 6.33. The summed E-state index contributed by atoms with van der Waals surface area (Å²) in [7, 11) is 0. The molecule has 2 fully saturated rings. The summed E-state index contributed by atoms with van der Waals surface area (Å²) in [6.45, 7) is 4.82. The summed E-state index contributed by atoms with van der Waals surface area (Å²) in [6.07, 6.45) is 8.44. The minimum atomic E-state index is 0.754. The Morgan fingerprint density at radius 3 is 2.71 bits per heavy atom. The van der Waals surface area contributed by atoms with Gasteiger partial charge in [0.2, 0.25) is 0 Å². The molecular formula is C12H24N2. The molecule has 1 saturated carbocycles. The molecule has 1 aliphatic carbocycles. The average molecular weight is 196 g/mol. The molecule has 1 saturated heterocycles. The third kappa shape index (κ3) is 2.71. The van der Waals surface area contributed by atoms with Crippen molar-refractivity contribution < 1.29 is 0 Å². The average Bonchev–Trinajstić information content (AvgIpc) is 2.69. The molecule has 2 aliphatic rings. The van der Waals surface area contributed by atoms with Crippen LogP contribution < -0.4 is 10.6 Å². The molecule has 0 aromatic carbocycles. The summed E-state index contributed by atoms with van der Waals surface area (Å²) in [5.74, 6) is 0.894. The van der Waals surface area contributed by atoms with Crippen LogP contribution in [0.15, 0.2) is 0 Å². The van der Waals surface area contributed by atoms with Crippen molar-refractivity contribution in [1.82, 2.24) is 10.6 Å². The van der Waals surface area contributed by atoms with Crippen molar-refractivity contribution in [1.29, 1.82) is 0 Å². The van der Waals surface area contributed by atoms with Crippen LogP contribution in [0.2, 0.25) is 0 Å². The third-order valence-electron chi connectivity index (χ3n) is 3.90.